The summed E-state index contributed by atoms with van der Waals surface area (Å²) in [6, 6.07) is 40.2. The van der Waals surface area contributed by atoms with Crippen LogP contribution in [-0.2, 0) is 20.1 Å². The monoisotopic (exact) mass is 861 g/mol. The van der Waals surface area contributed by atoms with E-state index in [1.807, 2.05) is 74.6 Å². The van der Waals surface area contributed by atoms with Gasteiger partial charge < -0.3 is 4.98 Å². The van der Waals surface area contributed by atoms with Gasteiger partial charge in [-0.25, -0.2) is 0 Å². The quantitative estimate of drug-likeness (QED) is 0.127. The van der Waals surface area contributed by atoms with Crippen LogP contribution in [0.25, 0.3) is 53.8 Å². The first kappa shape index (κ1) is 28.8. The molecule has 46 heavy (non-hydrogen) atoms. The molecule has 3 heterocycles. The number of hydrogen-bond acceptors (Lipinski definition) is 3. The van der Waals surface area contributed by atoms with Crippen LogP contribution in [0.4, 0.5) is 0 Å². The minimum Gasteiger partial charge on any atom is 0 e. The molecule has 7 rings (SSSR count). The molecule has 0 saturated carbocycles. The molecule has 7 aromatic rings. The molecule has 0 atom stereocenters. The molecule has 0 fully saturated rings. The average Bonchev–Trinajstić information content (AvgIpc) is 3.46. The summed E-state index contributed by atoms with van der Waals surface area (Å²) in [6.07, 6.45) is 3.80. The molecule has 233 valence electrons. The zero-order valence-electron chi connectivity index (χ0n) is 30.6. The van der Waals surface area contributed by atoms with Crippen molar-refractivity contribution in [3.05, 3.63) is 139 Å². The van der Waals surface area contributed by atoms with Gasteiger partial charge in [0.1, 0.15) is 0 Å². The first-order valence-corrected chi connectivity index (χ1v) is 23.2. The van der Waals surface area contributed by atoms with Crippen molar-refractivity contribution in [2.75, 3.05) is 0 Å². The van der Waals surface area contributed by atoms with Gasteiger partial charge in [0.15, 0.2) is 0 Å². The van der Waals surface area contributed by atoms with Gasteiger partial charge in [-0.3, -0.25) is 0 Å². The van der Waals surface area contributed by atoms with Crippen molar-refractivity contribution >= 4 is 49.2 Å². The molecule has 0 bridgehead atoms. The first-order chi connectivity index (χ1) is 23.2. The maximum atomic E-state index is 8.37. The zero-order chi connectivity index (χ0) is 35.0. The largest absolute Gasteiger partial charge is 0 e. The topological polar surface area (TPSA) is 25.8 Å². The summed E-state index contributed by atoms with van der Waals surface area (Å²) in [6.45, 7) is 1.66. The van der Waals surface area contributed by atoms with Gasteiger partial charge in [-0.15, -0.1) is 23.8 Å². The molecule has 0 spiro atoms. The standard InChI is InChI=1S/C27H22NS.C14H16GeN.Ir/c1-17(2)20-13-14-28-25(15-20)24-6-4-5-23-22-12-11-21(16-26(22)29-27(23)24)19-9-7-18(3)8-10-19;1-15(2,3)13-9-10-14(16-11-13)12-7-5-4-6-8-12;/h4-5,7-17H,1-3H3;4-7,9-11H,1-3H3;/q2*-1;/i3D3,17D;;. The number of rotatable bonds is 5. The van der Waals surface area contributed by atoms with Crippen LogP contribution in [-0.4, -0.2) is 23.2 Å². The molecular weight excluding hydrogens is 817 g/mol. The van der Waals surface area contributed by atoms with Crippen LogP contribution >= 0.6 is 11.3 Å². The van der Waals surface area contributed by atoms with Crippen molar-refractivity contribution < 1.29 is 25.6 Å². The Hall–Kier alpha value is -3.41. The van der Waals surface area contributed by atoms with Gasteiger partial charge in [0, 0.05) is 36.5 Å². The van der Waals surface area contributed by atoms with Crippen LogP contribution in [0.2, 0.25) is 17.3 Å². The summed E-state index contributed by atoms with van der Waals surface area (Å²) in [5, 5.41) is 2.33. The fourth-order valence-electron chi connectivity index (χ4n) is 5.20. The number of benzene rings is 4. The van der Waals surface area contributed by atoms with Crippen LogP contribution in [0.1, 0.15) is 36.4 Å². The van der Waals surface area contributed by atoms with Crippen LogP contribution in [0.3, 0.4) is 0 Å². The Bertz CT molecular complexity index is 2220. The van der Waals surface area contributed by atoms with Gasteiger partial charge >= 0.3 is 99.8 Å². The Kier molecular flexibility index (Phi) is 9.12. The van der Waals surface area contributed by atoms with Crippen LogP contribution in [0, 0.1) is 19.0 Å². The Balaban J connectivity index is 0.000000241. The molecule has 0 aliphatic rings. The van der Waals surface area contributed by atoms with E-state index in [1.165, 1.54) is 9.78 Å². The van der Waals surface area contributed by atoms with E-state index in [4.69, 9.17) is 5.48 Å². The molecule has 2 nitrogen and oxygen atoms in total. The van der Waals surface area contributed by atoms with E-state index < -0.39 is 26.0 Å². The molecule has 4 aromatic carbocycles. The second kappa shape index (κ2) is 14.6. The van der Waals surface area contributed by atoms with Gasteiger partial charge in [0.25, 0.3) is 0 Å². The molecule has 0 unspecified atom stereocenters. The van der Waals surface area contributed by atoms with E-state index in [9.17, 15) is 0 Å². The van der Waals surface area contributed by atoms with E-state index in [-0.39, 0.29) is 20.1 Å². The number of aryl methyl sites for hydroxylation is 1. The molecule has 3 aromatic heterocycles. The van der Waals surface area contributed by atoms with Crippen molar-refractivity contribution in [3.8, 4) is 33.6 Å². The summed E-state index contributed by atoms with van der Waals surface area (Å²) in [7, 11) is 0. The molecule has 0 aliphatic heterocycles. The molecule has 0 N–H and O–H groups in total. The van der Waals surface area contributed by atoms with E-state index in [2.05, 4.69) is 75.8 Å². The van der Waals surface area contributed by atoms with Gasteiger partial charge in [0.05, 0.1) is 0 Å². The normalized spacial score (nSPS) is 13.1. The summed E-state index contributed by atoms with van der Waals surface area (Å²) in [5.41, 5.74) is 7.15. The number of fused-ring (bicyclic) bond motifs is 3. The minimum atomic E-state index is -2.10. The first-order valence-electron chi connectivity index (χ1n) is 17.1. The van der Waals surface area contributed by atoms with Crippen molar-refractivity contribution in [2.24, 2.45) is 0 Å². The summed E-state index contributed by atoms with van der Waals surface area (Å²) in [5.74, 6) is 6.44. The van der Waals surface area contributed by atoms with E-state index in [0.29, 0.717) is 5.56 Å². The zero-order valence-corrected chi connectivity index (χ0v) is 31.9. The van der Waals surface area contributed by atoms with Crippen molar-refractivity contribution in [3.63, 3.8) is 0 Å². The number of pyridine rings is 2. The third-order valence-corrected chi connectivity index (χ3v) is 13.3. The fraction of sp³-hybridized carbons (Fsp3) is 0.171. The molecule has 1 radical (unpaired) electrons. The summed E-state index contributed by atoms with van der Waals surface area (Å²) < 4.78 is 34.8. The van der Waals surface area contributed by atoms with Crippen LogP contribution in [0.15, 0.2) is 116 Å². The molecule has 0 aliphatic carbocycles. The van der Waals surface area contributed by atoms with Crippen molar-refractivity contribution in [1.82, 2.24) is 9.97 Å². The van der Waals surface area contributed by atoms with E-state index >= 15 is 0 Å². The Morgan fingerprint density at radius 3 is 2.26 bits per heavy atom. The van der Waals surface area contributed by atoms with E-state index in [0.717, 1.165) is 54.0 Å². The number of nitrogens with zero attached hydrogens (tertiary/aromatic N) is 2. The van der Waals surface area contributed by atoms with Gasteiger partial charge in [-0.05, 0) is 51.8 Å². The Labute approximate surface area is 299 Å². The summed E-state index contributed by atoms with van der Waals surface area (Å²) >= 11 is -0.0113. The maximum absolute atomic E-state index is 8.37. The van der Waals surface area contributed by atoms with Crippen LogP contribution < -0.4 is 4.40 Å². The third-order valence-electron chi connectivity index (χ3n) is 7.86. The van der Waals surface area contributed by atoms with Crippen LogP contribution in [0.5, 0.6) is 0 Å². The fourth-order valence-corrected chi connectivity index (χ4v) is 8.62. The third kappa shape index (κ3) is 7.58. The summed E-state index contributed by atoms with van der Waals surface area (Å²) in [4.78, 5) is 9.11. The number of hydrogen-bond donors (Lipinski definition) is 0. The second-order valence-corrected chi connectivity index (χ2v) is 24.1. The predicted octanol–water partition coefficient (Wildman–Crippen LogP) is 11.1. The number of aromatic nitrogens is 2. The second-order valence-electron chi connectivity index (χ2n) is 12.4. The van der Waals surface area contributed by atoms with E-state index in [1.54, 1.807) is 29.7 Å². The van der Waals surface area contributed by atoms with Crippen molar-refractivity contribution in [2.45, 2.75) is 43.9 Å². The Morgan fingerprint density at radius 1 is 0.783 bits per heavy atom. The minimum absolute atomic E-state index is 0. The molecule has 0 amide bonds. The number of thiophene rings is 1. The SMILES string of the molecule is [2H]C([2H])([2H])c1ccc(-c2ccc3c(c2)sc2c(-c4cc(C([2H])(C)C)ccn4)[c-]ccc23)cc1.[CH3][Ge]([CH3])([CH3])[c]1ccc(-c2[c-]cccc2)nc1.[Ir]. The molecule has 5 heteroatoms. The van der Waals surface area contributed by atoms with Gasteiger partial charge in [-0.1, -0.05) is 72.8 Å². The molecule has 0 saturated heterocycles. The van der Waals surface area contributed by atoms with Gasteiger partial charge in [0.2, 0.25) is 0 Å². The van der Waals surface area contributed by atoms with Gasteiger partial charge in [-0.2, -0.15) is 11.3 Å². The van der Waals surface area contributed by atoms with Crippen molar-refractivity contribution in [1.29, 1.82) is 0 Å². The smallest absolute Gasteiger partial charge is 0 e. The Morgan fingerprint density at radius 2 is 1.59 bits per heavy atom. The predicted molar refractivity (Wildman–Crippen MR) is 197 cm³/mol. The maximum Gasteiger partial charge on any atom is 0 e. The molecular formula is C41H38GeIrN2S-2. The average molecular weight is 860 g/mol.